The molecule has 0 radical (unpaired) electrons. The zero-order chi connectivity index (χ0) is 23.1. The normalized spacial score (nSPS) is 17.8. The Labute approximate surface area is 199 Å². The largest absolute Gasteiger partial charge is 0.493 e. The minimum atomic E-state index is -0.542. The van der Waals surface area contributed by atoms with Crippen LogP contribution in [0.1, 0.15) is 24.8 Å². The number of pyridine rings is 1. The Kier molecular flexibility index (Phi) is 5.67. The van der Waals surface area contributed by atoms with E-state index in [-0.39, 0.29) is 13.4 Å². The molecule has 1 atom stereocenters. The molecule has 1 aromatic heterocycles. The lowest BCUT2D eigenvalue weighted by Crippen LogP contribution is -2.40. The van der Waals surface area contributed by atoms with Crippen molar-refractivity contribution in [3.63, 3.8) is 0 Å². The fourth-order valence-electron chi connectivity index (χ4n) is 5.38. The Balaban J connectivity index is 1.31. The van der Waals surface area contributed by atoms with Crippen molar-refractivity contribution in [2.75, 3.05) is 40.1 Å². The number of piperidine rings is 1. The zero-order valence-electron chi connectivity index (χ0n) is 19.6. The predicted octanol–water partition coefficient (Wildman–Crippen LogP) is 3.31. The van der Waals surface area contributed by atoms with Crippen LogP contribution in [0.15, 0.2) is 36.5 Å². The maximum absolute atomic E-state index is 10.6. The summed E-state index contributed by atoms with van der Waals surface area (Å²) < 4.78 is 25.3. The number of aliphatic hydroxyl groups excluding tert-OH is 1. The standard InChI is InChI=1S/C27H31N2O5/c1-31-24-6-5-18-11-23-21-13-26-25(33-17-34-26)12-19(21)7-10-29(23)15-22(18)27(24)32-16-20(30)14-28-8-3-2-4-9-28/h5-6,11-13,15,20,30H,2-4,7-10,14,16-17H2,1H3/q+1. The van der Waals surface area contributed by atoms with E-state index in [0.717, 1.165) is 54.0 Å². The highest BCUT2D eigenvalue weighted by molar-refractivity contribution is 5.91. The number of nitrogens with zero attached hydrogens (tertiary/aromatic N) is 2. The maximum Gasteiger partial charge on any atom is 0.231 e. The van der Waals surface area contributed by atoms with Crippen LogP contribution in [-0.2, 0) is 13.0 Å². The molecule has 0 aliphatic carbocycles. The number of aromatic nitrogens is 1. The van der Waals surface area contributed by atoms with E-state index < -0.39 is 6.10 Å². The molecule has 1 saturated heterocycles. The van der Waals surface area contributed by atoms with Crippen molar-refractivity contribution in [2.45, 2.75) is 38.3 Å². The van der Waals surface area contributed by atoms with Gasteiger partial charge in [0.1, 0.15) is 12.7 Å². The first-order chi connectivity index (χ1) is 16.7. The molecule has 0 amide bonds. The number of fused-ring (bicyclic) bond motifs is 5. The fraction of sp³-hybridized carbons (Fsp3) is 0.444. The molecule has 34 heavy (non-hydrogen) atoms. The minimum Gasteiger partial charge on any atom is -0.493 e. The summed E-state index contributed by atoms with van der Waals surface area (Å²) in [6, 6.07) is 10.4. The van der Waals surface area contributed by atoms with E-state index in [1.807, 2.05) is 6.07 Å². The quantitative estimate of drug-likeness (QED) is 0.566. The van der Waals surface area contributed by atoms with Crippen LogP contribution in [0.5, 0.6) is 23.0 Å². The van der Waals surface area contributed by atoms with Crippen LogP contribution in [0, 0.1) is 0 Å². The molecule has 7 nitrogen and oxygen atoms in total. The van der Waals surface area contributed by atoms with Crippen molar-refractivity contribution >= 4 is 10.8 Å². The zero-order valence-corrected chi connectivity index (χ0v) is 19.6. The molecule has 4 heterocycles. The van der Waals surface area contributed by atoms with Gasteiger partial charge in [0.05, 0.1) is 18.1 Å². The van der Waals surface area contributed by atoms with Crippen LogP contribution < -0.4 is 23.5 Å². The molecule has 3 aliphatic rings. The summed E-state index contributed by atoms with van der Waals surface area (Å²) in [5.74, 6) is 2.99. The molecule has 3 aliphatic heterocycles. The van der Waals surface area contributed by atoms with Gasteiger partial charge in [-0.2, -0.15) is 4.57 Å². The highest BCUT2D eigenvalue weighted by Crippen LogP contribution is 2.41. The van der Waals surface area contributed by atoms with Crippen LogP contribution in [-0.4, -0.2) is 56.3 Å². The van der Waals surface area contributed by atoms with E-state index in [0.29, 0.717) is 18.0 Å². The Bertz CT molecular complexity index is 1220. The second-order valence-corrected chi connectivity index (χ2v) is 9.39. The number of ether oxygens (including phenoxy) is 4. The first-order valence-corrected chi connectivity index (χ1v) is 12.2. The van der Waals surface area contributed by atoms with Crippen molar-refractivity contribution in [1.29, 1.82) is 0 Å². The predicted molar refractivity (Wildman–Crippen MR) is 128 cm³/mol. The first kappa shape index (κ1) is 21.5. The van der Waals surface area contributed by atoms with Gasteiger partial charge in [-0.15, -0.1) is 0 Å². The van der Waals surface area contributed by atoms with Crippen molar-refractivity contribution < 1.29 is 28.6 Å². The molecule has 0 bridgehead atoms. The van der Waals surface area contributed by atoms with Gasteiger partial charge in [0, 0.05) is 19.0 Å². The number of hydrogen-bond acceptors (Lipinski definition) is 6. The monoisotopic (exact) mass is 463 g/mol. The average Bonchev–Trinajstić information content (AvgIpc) is 3.33. The topological polar surface area (TPSA) is 64.3 Å². The summed E-state index contributed by atoms with van der Waals surface area (Å²) in [5.41, 5.74) is 3.59. The molecule has 1 fully saturated rings. The molecule has 0 spiro atoms. The van der Waals surface area contributed by atoms with Crippen LogP contribution in [0.25, 0.3) is 22.0 Å². The van der Waals surface area contributed by atoms with Gasteiger partial charge in [0.25, 0.3) is 0 Å². The smallest absolute Gasteiger partial charge is 0.231 e. The van der Waals surface area contributed by atoms with Gasteiger partial charge in [-0.25, -0.2) is 0 Å². The highest BCUT2D eigenvalue weighted by atomic mass is 16.7. The van der Waals surface area contributed by atoms with Gasteiger partial charge in [-0.1, -0.05) is 6.42 Å². The molecule has 178 valence electrons. The maximum atomic E-state index is 10.6. The average molecular weight is 464 g/mol. The summed E-state index contributed by atoms with van der Waals surface area (Å²) in [5, 5.41) is 12.7. The molecule has 6 rings (SSSR count). The van der Waals surface area contributed by atoms with Crippen LogP contribution >= 0.6 is 0 Å². The van der Waals surface area contributed by atoms with Crippen molar-refractivity contribution in [3.05, 3.63) is 42.1 Å². The lowest BCUT2D eigenvalue weighted by atomic mass is 9.95. The first-order valence-electron chi connectivity index (χ1n) is 12.2. The van der Waals surface area contributed by atoms with Gasteiger partial charge in [-0.05, 0) is 61.1 Å². The van der Waals surface area contributed by atoms with Crippen molar-refractivity contribution in [2.24, 2.45) is 0 Å². The summed E-state index contributed by atoms with van der Waals surface area (Å²) in [4.78, 5) is 2.33. The van der Waals surface area contributed by atoms with Crippen molar-refractivity contribution in [3.8, 4) is 34.3 Å². The Morgan fingerprint density at radius 3 is 2.74 bits per heavy atom. The lowest BCUT2D eigenvalue weighted by molar-refractivity contribution is -0.686. The molecule has 1 N–H and O–H groups in total. The molecular formula is C27H31N2O5+. The van der Waals surface area contributed by atoms with E-state index in [9.17, 15) is 5.11 Å². The minimum absolute atomic E-state index is 0.236. The number of aryl methyl sites for hydroxylation is 2. The molecule has 0 saturated carbocycles. The molecule has 2 aromatic carbocycles. The number of aliphatic hydroxyl groups is 1. The van der Waals surface area contributed by atoms with E-state index >= 15 is 0 Å². The third kappa shape index (κ3) is 3.93. The van der Waals surface area contributed by atoms with E-state index in [1.54, 1.807) is 7.11 Å². The van der Waals surface area contributed by atoms with Gasteiger partial charge < -0.3 is 29.0 Å². The number of likely N-dealkylation sites (tertiary alicyclic amines) is 1. The number of β-amino-alcohol motifs (C(OH)–C–C–N with tert-alkyl or cyclic N) is 1. The van der Waals surface area contributed by atoms with E-state index in [1.165, 1.54) is 30.4 Å². The number of hydrogen-bond donors (Lipinski definition) is 1. The Morgan fingerprint density at radius 1 is 1.09 bits per heavy atom. The lowest BCUT2D eigenvalue weighted by Gasteiger charge is -2.28. The Hall–Kier alpha value is -3.03. The van der Waals surface area contributed by atoms with E-state index in [4.69, 9.17) is 18.9 Å². The number of benzene rings is 2. The summed E-state index contributed by atoms with van der Waals surface area (Å²) in [6.07, 6.45) is 6.22. The summed E-state index contributed by atoms with van der Waals surface area (Å²) in [7, 11) is 1.66. The SMILES string of the molecule is COc1ccc2cc3[n+](cc2c1OCC(O)CN1CCCCC1)CCc1cc2c(cc1-3)OCO2. The van der Waals surface area contributed by atoms with E-state index in [2.05, 4.69) is 39.9 Å². The second-order valence-electron chi connectivity index (χ2n) is 9.39. The third-order valence-corrected chi connectivity index (χ3v) is 7.13. The van der Waals surface area contributed by atoms with Gasteiger partial charge >= 0.3 is 0 Å². The Morgan fingerprint density at radius 2 is 1.91 bits per heavy atom. The van der Waals surface area contributed by atoms with Gasteiger partial charge in [0.15, 0.2) is 35.7 Å². The highest BCUT2D eigenvalue weighted by Gasteiger charge is 2.29. The number of rotatable bonds is 6. The number of methoxy groups -OCH3 is 1. The third-order valence-electron chi connectivity index (χ3n) is 7.13. The summed E-state index contributed by atoms with van der Waals surface area (Å²) in [6.45, 7) is 4.13. The van der Waals surface area contributed by atoms with Crippen molar-refractivity contribution in [1.82, 2.24) is 4.90 Å². The molecule has 3 aromatic rings. The second kappa shape index (κ2) is 8.96. The van der Waals surface area contributed by atoms with Crippen LogP contribution in [0.2, 0.25) is 0 Å². The molecule has 7 heteroatoms. The van der Waals surface area contributed by atoms with Gasteiger partial charge in [0.2, 0.25) is 12.5 Å². The van der Waals surface area contributed by atoms with Gasteiger partial charge in [-0.3, -0.25) is 0 Å². The molecular weight excluding hydrogens is 432 g/mol. The van der Waals surface area contributed by atoms with Crippen LogP contribution in [0.3, 0.4) is 0 Å². The summed E-state index contributed by atoms with van der Waals surface area (Å²) >= 11 is 0. The fourth-order valence-corrected chi connectivity index (χ4v) is 5.38. The van der Waals surface area contributed by atoms with Crippen LogP contribution in [0.4, 0.5) is 0 Å². The molecule has 1 unspecified atom stereocenters.